The third kappa shape index (κ3) is 5.49. The summed E-state index contributed by atoms with van der Waals surface area (Å²) in [6.45, 7) is 1.93. The molecular weight excluding hydrogens is 554 g/mol. The Morgan fingerprint density at radius 2 is 1.67 bits per heavy atom. The van der Waals surface area contributed by atoms with Crippen LogP contribution in [0.15, 0.2) is 77.8 Å². The summed E-state index contributed by atoms with van der Waals surface area (Å²) in [4.78, 5) is 25.4. The van der Waals surface area contributed by atoms with Gasteiger partial charge < -0.3 is 39.5 Å². The lowest BCUT2D eigenvalue weighted by Crippen LogP contribution is -2.39. The number of benzene rings is 2. The highest BCUT2D eigenvalue weighted by Crippen LogP contribution is 2.50. The molecule has 4 N–H and O–H groups in total. The maximum atomic E-state index is 11.9. The third-order valence-corrected chi connectivity index (χ3v) is 7.94. The fourth-order valence-corrected chi connectivity index (χ4v) is 5.80. The van der Waals surface area contributed by atoms with Gasteiger partial charge in [0.25, 0.3) is 0 Å². The zero-order chi connectivity index (χ0) is 30.1. The molecule has 1 amide bonds. The summed E-state index contributed by atoms with van der Waals surface area (Å²) in [5.74, 6) is 0.0693. The van der Waals surface area contributed by atoms with E-state index in [1.165, 1.54) is 30.7 Å². The number of ether oxygens (including phenoxy) is 3. The molecule has 2 aliphatic carbocycles. The molecule has 43 heavy (non-hydrogen) atoms. The molecule has 3 heterocycles. The van der Waals surface area contributed by atoms with Gasteiger partial charge in [-0.05, 0) is 72.4 Å². The molecule has 3 aliphatic heterocycles. The minimum atomic E-state index is -1.33. The molecule has 7 rings (SSSR count). The Labute approximate surface area is 247 Å². The molecule has 0 spiro atoms. The molecule has 0 aromatic heterocycles. The number of carbonyl (C=O) groups excluding carboxylic acids is 2. The summed E-state index contributed by atoms with van der Waals surface area (Å²) in [5.41, 5.74) is 1.82. The van der Waals surface area contributed by atoms with Crippen LogP contribution in [-0.2, 0) is 20.7 Å². The molecule has 10 heteroatoms. The Morgan fingerprint density at radius 1 is 0.907 bits per heavy atom. The van der Waals surface area contributed by atoms with Crippen molar-refractivity contribution in [2.24, 2.45) is 0 Å². The van der Waals surface area contributed by atoms with Crippen molar-refractivity contribution in [1.82, 2.24) is 4.90 Å². The van der Waals surface area contributed by atoms with Crippen LogP contribution < -0.4 is 9.47 Å². The molecule has 222 valence electrons. The van der Waals surface area contributed by atoms with Crippen LogP contribution in [0, 0.1) is 0 Å². The van der Waals surface area contributed by atoms with Gasteiger partial charge in [0.1, 0.15) is 12.2 Å². The topological polar surface area (TPSA) is 146 Å². The third-order valence-electron chi connectivity index (χ3n) is 7.94. The number of nitrogens with zero attached hydrogens (tertiary/aromatic N) is 1. The average Bonchev–Trinajstić information content (AvgIpc) is 3.59. The smallest absolute Gasteiger partial charge is 0.246 e. The number of allylic oxidation sites excluding steroid dienone is 4. The van der Waals surface area contributed by atoms with E-state index in [-0.39, 0.29) is 43.0 Å². The lowest BCUT2D eigenvalue weighted by atomic mass is 9.85. The number of amides is 1. The first kappa shape index (κ1) is 28.2. The highest BCUT2D eigenvalue weighted by molar-refractivity contribution is 6.06. The van der Waals surface area contributed by atoms with Gasteiger partial charge in [0, 0.05) is 36.7 Å². The van der Waals surface area contributed by atoms with Crippen molar-refractivity contribution < 1.29 is 44.2 Å². The average molecular weight is 586 g/mol. The molecule has 1 unspecified atom stereocenters. The molecule has 5 aliphatic rings. The second-order valence-corrected chi connectivity index (χ2v) is 10.9. The maximum absolute atomic E-state index is 11.9. The minimum absolute atomic E-state index is 0.0348. The quantitative estimate of drug-likeness (QED) is 0.238. The number of aliphatic hydroxyl groups is 2. The van der Waals surface area contributed by atoms with Crippen LogP contribution in [0.1, 0.15) is 36.0 Å². The maximum Gasteiger partial charge on any atom is 0.246 e. The van der Waals surface area contributed by atoms with Crippen LogP contribution in [0.3, 0.4) is 0 Å². The van der Waals surface area contributed by atoms with Crippen LogP contribution in [0.5, 0.6) is 23.0 Å². The predicted molar refractivity (Wildman–Crippen MR) is 156 cm³/mol. The number of carbonyl (C=O) groups is 2. The number of rotatable bonds is 3. The zero-order valence-corrected chi connectivity index (χ0v) is 23.3. The number of ketones is 1. The van der Waals surface area contributed by atoms with E-state index in [0.717, 1.165) is 43.0 Å². The minimum Gasteiger partial charge on any atom is -0.504 e. The fourth-order valence-electron chi connectivity index (χ4n) is 5.80. The Kier molecular flexibility index (Phi) is 7.45. The Balaban J connectivity index is 0.000000153. The zero-order valence-electron chi connectivity index (χ0n) is 23.3. The summed E-state index contributed by atoms with van der Waals surface area (Å²) in [6, 6.07) is 8.55. The summed E-state index contributed by atoms with van der Waals surface area (Å²) in [6.07, 6.45) is 13.6. The van der Waals surface area contributed by atoms with E-state index in [9.17, 15) is 30.0 Å². The molecule has 1 saturated heterocycles. The molecule has 10 nitrogen and oxygen atoms in total. The number of phenols is 2. The van der Waals surface area contributed by atoms with E-state index in [1.807, 2.05) is 35.3 Å². The van der Waals surface area contributed by atoms with Crippen molar-refractivity contribution in [2.75, 3.05) is 26.5 Å². The van der Waals surface area contributed by atoms with Crippen LogP contribution >= 0.6 is 0 Å². The van der Waals surface area contributed by atoms with Gasteiger partial charge in [0.15, 0.2) is 28.8 Å². The second-order valence-electron chi connectivity index (χ2n) is 10.9. The van der Waals surface area contributed by atoms with Crippen LogP contribution in [-0.4, -0.2) is 69.1 Å². The van der Waals surface area contributed by atoms with E-state index < -0.39 is 17.1 Å². The van der Waals surface area contributed by atoms with Gasteiger partial charge in [0.2, 0.25) is 24.2 Å². The summed E-state index contributed by atoms with van der Waals surface area (Å²) in [7, 11) is 0. The van der Waals surface area contributed by atoms with Gasteiger partial charge in [-0.3, -0.25) is 9.59 Å². The van der Waals surface area contributed by atoms with Crippen LogP contribution in [0.4, 0.5) is 0 Å². The van der Waals surface area contributed by atoms with Gasteiger partial charge in [-0.15, -0.1) is 0 Å². The SMILES string of the molecule is O=C(C=CC=Cc1ccc2c(c1)OCO2)N1CCCCC1.O=C1C=CC2=C3c4cc(O)c(O)cc4CC3(O)COC2=C1O. The largest absolute Gasteiger partial charge is 0.504 e. The summed E-state index contributed by atoms with van der Waals surface area (Å²) in [5, 5.41) is 40.1. The van der Waals surface area contributed by atoms with Crippen molar-refractivity contribution in [2.45, 2.75) is 31.3 Å². The highest BCUT2D eigenvalue weighted by Gasteiger charge is 2.47. The summed E-state index contributed by atoms with van der Waals surface area (Å²) < 4.78 is 16.0. The van der Waals surface area contributed by atoms with E-state index in [2.05, 4.69) is 0 Å². The van der Waals surface area contributed by atoms with E-state index in [0.29, 0.717) is 22.3 Å². The van der Waals surface area contributed by atoms with Crippen molar-refractivity contribution in [3.05, 3.63) is 94.5 Å². The Morgan fingerprint density at radius 3 is 2.49 bits per heavy atom. The number of phenolic OH excluding ortho intramolecular Hbond substituents is 2. The molecule has 2 aromatic rings. The van der Waals surface area contributed by atoms with Gasteiger partial charge in [0.05, 0.1) is 0 Å². The standard InChI is InChI=1S/C17H19NO3.C16H12O6/c19-17(18-10-4-1-5-11-18)7-3-2-6-14-8-9-15-16(12-14)21-13-20-15;17-10-2-1-8-13-9-4-12(19)11(18)3-7(9)5-16(13,21)6-22-15(8)14(10)20/h2-3,6-9,12H,1,4-5,10-11,13H2;1-4,18-21H,5-6H2. The van der Waals surface area contributed by atoms with Crippen LogP contribution in [0.25, 0.3) is 11.6 Å². The first-order valence-corrected chi connectivity index (χ1v) is 14.1. The first-order chi connectivity index (χ1) is 20.7. The number of aromatic hydroxyl groups is 2. The number of piperidine rings is 1. The second kappa shape index (κ2) is 11.4. The number of hydrogen-bond donors (Lipinski definition) is 4. The molecule has 0 bridgehead atoms. The molecule has 0 radical (unpaired) electrons. The number of aliphatic hydroxyl groups excluding tert-OH is 1. The van der Waals surface area contributed by atoms with E-state index in [4.69, 9.17) is 14.2 Å². The van der Waals surface area contributed by atoms with Crippen molar-refractivity contribution in [1.29, 1.82) is 0 Å². The highest BCUT2D eigenvalue weighted by atomic mass is 16.7. The van der Waals surface area contributed by atoms with Gasteiger partial charge in [-0.1, -0.05) is 24.3 Å². The first-order valence-electron chi connectivity index (χ1n) is 14.1. The monoisotopic (exact) mass is 585 g/mol. The summed E-state index contributed by atoms with van der Waals surface area (Å²) >= 11 is 0. The van der Waals surface area contributed by atoms with Crippen molar-refractivity contribution in [3.8, 4) is 23.0 Å². The van der Waals surface area contributed by atoms with Gasteiger partial charge >= 0.3 is 0 Å². The van der Waals surface area contributed by atoms with Crippen molar-refractivity contribution >= 4 is 23.3 Å². The van der Waals surface area contributed by atoms with E-state index in [1.54, 1.807) is 12.2 Å². The van der Waals surface area contributed by atoms with E-state index >= 15 is 0 Å². The van der Waals surface area contributed by atoms with Crippen LogP contribution in [0.2, 0.25) is 0 Å². The Bertz CT molecular complexity index is 1640. The molecule has 1 fully saturated rings. The Hall–Kier alpha value is -4.96. The van der Waals surface area contributed by atoms with Gasteiger partial charge in [-0.25, -0.2) is 0 Å². The predicted octanol–water partition coefficient (Wildman–Crippen LogP) is 4.07. The van der Waals surface area contributed by atoms with Crippen molar-refractivity contribution in [3.63, 3.8) is 0 Å². The number of likely N-dealkylation sites (tertiary alicyclic amines) is 1. The number of fused-ring (bicyclic) bond motifs is 5. The number of hydrogen-bond acceptors (Lipinski definition) is 9. The molecular formula is C33H31NO9. The molecule has 1 atom stereocenters. The normalized spacial score (nSPS) is 21.9. The molecule has 0 saturated carbocycles. The molecule has 2 aromatic carbocycles. The lowest BCUT2D eigenvalue weighted by molar-refractivity contribution is -0.126. The lowest BCUT2D eigenvalue weighted by Gasteiger charge is -2.33. The fraction of sp³-hybridized carbons (Fsp3) is 0.273. The van der Waals surface area contributed by atoms with Gasteiger partial charge in [-0.2, -0.15) is 0 Å².